The van der Waals surface area contributed by atoms with E-state index in [4.69, 9.17) is 4.74 Å². The molecule has 4 aromatic rings. The topological polar surface area (TPSA) is 78.0 Å². The smallest absolute Gasteiger partial charge is 0.174 e. The van der Waals surface area contributed by atoms with Crippen molar-refractivity contribution in [3.05, 3.63) is 89.3 Å². The molecule has 0 saturated carbocycles. The van der Waals surface area contributed by atoms with E-state index >= 15 is 0 Å². The third-order valence-corrected chi connectivity index (χ3v) is 5.91. The highest BCUT2D eigenvalue weighted by Crippen LogP contribution is 2.36. The number of halogens is 1. The number of fused-ring (bicyclic) bond motifs is 1. The summed E-state index contributed by atoms with van der Waals surface area (Å²) in [6.07, 6.45) is 8.67. The van der Waals surface area contributed by atoms with E-state index < -0.39 is 5.60 Å². The van der Waals surface area contributed by atoms with Gasteiger partial charge in [-0.15, -0.1) is 0 Å². The minimum absolute atomic E-state index is 0.340. The van der Waals surface area contributed by atoms with Crippen molar-refractivity contribution in [3.63, 3.8) is 0 Å². The summed E-state index contributed by atoms with van der Waals surface area (Å²) in [4.78, 5) is 8.88. The fourth-order valence-corrected chi connectivity index (χ4v) is 4.22. The van der Waals surface area contributed by atoms with Crippen LogP contribution >= 0.6 is 0 Å². The number of hydrogen-bond acceptors (Lipinski definition) is 5. The van der Waals surface area contributed by atoms with Gasteiger partial charge in [-0.2, -0.15) is 5.10 Å². The number of rotatable bonds is 5. The van der Waals surface area contributed by atoms with Crippen LogP contribution in [0.25, 0.3) is 17.8 Å². The van der Waals surface area contributed by atoms with Crippen LogP contribution in [0.5, 0.6) is 5.75 Å². The summed E-state index contributed by atoms with van der Waals surface area (Å²) in [7, 11) is 1.64. The fraction of sp³-hybridized carbons (Fsp3) is 0.240. The molecule has 1 aliphatic heterocycles. The number of benzene rings is 2. The van der Waals surface area contributed by atoms with Crippen LogP contribution in [0.3, 0.4) is 0 Å². The number of ether oxygens (including phenoxy) is 1. The summed E-state index contributed by atoms with van der Waals surface area (Å²) in [6.45, 7) is 2.61. The van der Waals surface area contributed by atoms with Crippen molar-refractivity contribution in [2.24, 2.45) is 0 Å². The average Bonchev–Trinajstić information content (AvgIpc) is 3.45. The molecule has 0 aliphatic carbocycles. The maximum atomic E-state index is 13.4. The highest BCUT2D eigenvalue weighted by molar-refractivity contribution is 5.69. The van der Waals surface area contributed by atoms with E-state index in [0.29, 0.717) is 30.2 Å². The molecule has 7 nitrogen and oxygen atoms in total. The highest BCUT2D eigenvalue weighted by Gasteiger charge is 2.39. The van der Waals surface area contributed by atoms with Crippen LogP contribution < -0.4 is 4.74 Å². The molecule has 1 N–H and O–H groups in total. The van der Waals surface area contributed by atoms with E-state index in [1.165, 1.54) is 12.1 Å². The first-order valence-electron chi connectivity index (χ1n) is 10.8. The van der Waals surface area contributed by atoms with Crippen LogP contribution in [0, 0.1) is 12.7 Å². The van der Waals surface area contributed by atoms with Gasteiger partial charge < -0.3 is 14.4 Å². The van der Waals surface area contributed by atoms with Gasteiger partial charge in [0, 0.05) is 12.7 Å². The molecular weight excluding hydrogens is 421 g/mol. The third kappa shape index (κ3) is 3.93. The van der Waals surface area contributed by atoms with Crippen LogP contribution in [0.1, 0.15) is 41.3 Å². The van der Waals surface area contributed by atoms with Crippen molar-refractivity contribution in [1.82, 2.24) is 24.3 Å². The van der Waals surface area contributed by atoms with E-state index in [1.807, 2.05) is 48.0 Å². The Hall–Kier alpha value is -3.78. The predicted octanol–water partition coefficient (Wildman–Crippen LogP) is 4.12. The van der Waals surface area contributed by atoms with Gasteiger partial charge in [0.25, 0.3) is 0 Å². The zero-order valence-electron chi connectivity index (χ0n) is 18.4. The molecule has 1 aliphatic rings. The summed E-state index contributed by atoms with van der Waals surface area (Å²) >= 11 is 0. The second-order valence-electron chi connectivity index (χ2n) is 8.17. The summed E-state index contributed by atoms with van der Waals surface area (Å²) < 4.78 is 22.6. The molecule has 0 amide bonds. The Balaban J connectivity index is 1.43. The molecule has 168 valence electrons. The molecule has 0 fully saturated rings. The van der Waals surface area contributed by atoms with Crippen molar-refractivity contribution in [2.75, 3.05) is 7.11 Å². The van der Waals surface area contributed by atoms with Gasteiger partial charge in [-0.25, -0.2) is 19.0 Å². The first-order valence-corrected chi connectivity index (χ1v) is 10.8. The number of imidazole rings is 1. The van der Waals surface area contributed by atoms with E-state index in [9.17, 15) is 9.50 Å². The lowest BCUT2D eigenvalue weighted by atomic mass is 9.86. The van der Waals surface area contributed by atoms with Crippen LogP contribution in [-0.4, -0.2) is 36.5 Å². The number of aromatic nitrogens is 5. The molecule has 2 aromatic carbocycles. The Morgan fingerprint density at radius 3 is 2.70 bits per heavy atom. The molecule has 5 rings (SSSR count). The molecule has 0 spiro atoms. The molecule has 1 unspecified atom stereocenters. The first kappa shape index (κ1) is 21.1. The zero-order chi connectivity index (χ0) is 23.0. The predicted molar refractivity (Wildman–Crippen MR) is 122 cm³/mol. The van der Waals surface area contributed by atoms with E-state index in [2.05, 4.69) is 15.1 Å². The quantitative estimate of drug-likeness (QED) is 0.500. The Kier molecular flexibility index (Phi) is 5.30. The van der Waals surface area contributed by atoms with Gasteiger partial charge >= 0.3 is 0 Å². The fourth-order valence-electron chi connectivity index (χ4n) is 4.22. The number of methoxy groups -OCH3 is 1. The number of nitrogens with zero attached hydrogens (tertiary/aromatic N) is 5. The molecular formula is C25H24FN5O2. The van der Waals surface area contributed by atoms with Gasteiger partial charge in [0.1, 0.15) is 17.2 Å². The Morgan fingerprint density at radius 1 is 1.15 bits per heavy atom. The normalized spacial score (nSPS) is 17.9. The lowest BCUT2D eigenvalue weighted by Crippen LogP contribution is -2.35. The lowest BCUT2D eigenvalue weighted by molar-refractivity contribution is 0.0394. The summed E-state index contributed by atoms with van der Waals surface area (Å²) in [5.74, 6) is 1.36. The number of aliphatic hydroxyl groups is 1. The van der Waals surface area contributed by atoms with Gasteiger partial charge in [0.15, 0.2) is 11.6 Å². The summed E-state index contributed by atoms with van der Waals surface area (Å²) in [5.41, 5.74) is 2.07. The molecule has 33 heavy (non-hydrogen) atoms. The van der Waals surface area contributed by atoms with Gasteiger partial charge in [0.2, 0.25) is 0 Å². The second-order valence-corrected chi connectivity index (χ2v) is 8.17. The standard InChI is InChI=1S/C25H24FN5O2/c1-17-15-30(16-27-17)21-10-4-18(14-22(21)33-2)5-11-23-28-24-25(32,12-3-13-31(24)29-23)19-6-8-20(26)9-7-19/h4-11,14-16,32H,3,12-13H2,1-2H3. The SMILES string of the molecule is COc1cc(C=Cc2nc3n(n2)CCCC3(O)c2ccc(F)cc2)ccc1-n1cnc(C)c1. The van der Waals surface area contributed by atoms with Crippen molar-refractivity contribution < 1.29 is 14.2 Å². The number of hydrogen-bond donors (Lipinski definition) is 1. The maximum absolute atomic E-state index is 13.4. The highest BCUT2D eigenvalue weighted by atomic mass is 19.1. The minimum Gasteiger partial charge on any atom is -0.495 e. The Bertz CT molecular complexity index is 1330. The van der Waals surface area contributed by atoms with Crippen LogP contribution in [-0.2, 0) is 12.1 Å². The molecule has 0 saturated heterocycles. The van der Waals surface area contributed by atoms with Crippen LogP contribution in [0.4, 0.5) is 4.39 Å². The van der Waals surface area contributed by atoms with Gasteiger partial charge in [-0.05, 0) is 61.2 Å². The third-order valence-electron chi connectivity index (χ3n) is 5.91. The first-order chi connectivity index (χ1) is 16.0. The Morgan fingerprint density at radius 2 is 1.97 bits per heavy atom. The molecule has 0 radical (unpaired) electrons. The zero-order valence-corrected chi connectivity index (χ0v) is 18.4. The molecule has 0 bridgehead atoms. The minimum atomic E-state index is -1.29. The van der Waals surface area contributed by atoms with Gasteiger partial charge in [-0.1, -0.05) is 24.3 Å². The molecule has 8 heteroatoms. The Labute approximate surface area is 190 Å². The van der Waals surface area contributed by atoms with Gasteiger partial charge in [-0.3, -0.25) is 0 Å². The molecule has 3 heterocycles. The van der Waals surface area contributed by atoms with Crippen molar-refractivity contribution in [3.8, 4) is 11.4 Å². The van der Waals surface area contributed by atoms with Crippen molar-refractivity contribution in [1.29, 1.82) is 0 Å². The van der Waals surface area contributed by atoms with E-state index in [0.717, 1.165) is 29.1 Å². The van der Waals surface area contributed by atoms with Crippen molar-refractivity contribution >= 4 is 12.2 Å². The van der Waals surface area contributed by atoms with Crippen LogP contribution in [0.15, 0.2) is 55.0 Å². The van der Waals surface area contributed by atoms with Crippen molar-refractivity contribution in [2.45, 2.75) is 31.9 Å². The molecule has 1 atom stereocenters. The maximum Gasteiger partial charge on any atom is 0.174 e. The monoisotopic (exact) mass is 445 g/mol. The van der Waals surface area contributed by atoms with E-state index in [1.54, 1.807) is 30.3 Å². The second kappa shape index (κ2) is 8.29. The largest absolute Gasteiger partial charge is 0.495 e. The average molecular weight is 445 g/mol. The summed E-state index contributed by atoms with van der Waals surface area (Å²) in [6, 6.07) is 11.8. The summed E-state index contributed by atoms with van der Waals surface area (Å²) in [5, 5.41) is 16.0. The number of aryl methyl sites for hydroxylation is 2. The lowest BCUT2D eigenvalue weighted by Gasteiger charge is -2.31. The van der Waals surface area contributed by atoms with E-state index in [-0.39, 0.29) is 5.82 Å². The van der Waals surface area contributed by atoms with Gasteiger partial charge in [0.05, 0.1) is 24.8 Å². The van der Waals surface area contributed by atoms with Crippen LogP contribution in [0.2, 0.25) is 0 Å². The molecule has 2 aromatic heterocycles.